The number of hydrogen-bond donors (Lipinski definition) is 1. The van der Waals surface area contributed by atoms with Crippen molar-refractivity contribution in [2.45, 2.75) is 37.1 Å². The highest BCUT2D eigenvalue weighted by Gasteiger charge is 2.39. The highest BCUT2D eigenvalue weighted by molar-refractivity contribution is 7.89. The number of sulfonamides is 1. The maximum absolute atomic E-state index is 12.7. The Morgan fingerprint density at radius 2 is 2.15 bits per heavy atom. The molecule has 1 aliphatic rings. The second-order valence-electron chi connectivity index (χ2n) is 4.79. The lowest BCUT2D eigenvalue weighted by molar-refractivity contribution is 0.360. The van der Waals surface area contributed by atoms with Crippen LogP contribution in [0.2, 0.25) is 0 Å². The van der Waals surface area contributed by atoms with E-state index in [1.165, 1.54) is 10.4 Å². The Balaban J connectivity index is 1.89. The van der Waals surface area contributed by atoms with Gasteiger partial charge in [0.2, 0.25) is 5.09 Å². The quantitative estimate of drug-likeness (QED) is 0.886. The molecule has 20 heavy (non-hydrogen) atoms. The number of hydrogen-bond acceptors (Lipinski definition) is 5. The molecule has 3 rings (SSSR count). The second-order valence-corrected chi connectivity index (χ2v) is 7.64. The molecule has 0 unspecified atom stereocenters. The van der Waals surface area contributed by atoms with Gasteiger partial charge in [-0.25, -0.2) is 8.42 Å². The number of nitrogens with zero attached hydrogens (tertiary/aromatic N) is 1. The van der Waals surface area contributed by atoms with Gasteiger partial charge in [-0.05, 0) is 36.4 Å². The van der Waals surface area contributed by atoms with Crippen molar-refractivity contribution in [2.24, 2.45) is 5.73 Å². The Hall–Kier alpha value is -1.15. The van der Waals surface area contributed by atoms with E-state index in [2.05, 4.69) is 0 Å². The molecule has 0 amide bonds. The summed E-state index contributed by atoms with van der Waals surface area (Å²) in [6, 6.07) is 7.07. The predicted molar refractivity (Wildman–Crippen MR) is 76.7 cm³/mol. The average Bonchev–Trinajstić information content (AvgIpc) is 2.96. The molecule has 0 aliphatic heterocycles. The normalized spacial score (nSPS) is 15.9. The maximum Gasteiger partial charge on any atom is 0.277 e. The average molecular weight is 312 g/mol. The number of rotatable bonds is 6. The molecule has 0 aromatic carbocycles. The van der Waals surface area contributed by atoms with Crippen molar-refractivity contribution in [1.82, 2.24) is 4.31 Å². The van der Waals surface area contributed by atoms with Crippen molar-refractivity contribution in [2.75, 3.05) is 0 Å². The summed E-state index contributed by atoms with van der Waals surface area (Å²) in [5.41, 5.74) is 5.46. The van der Waals surface area contributed by atoms with Crippen LogP contribution in [-0.4, -0.2) is 18.8 Å². The molecule has 0 radical (unpaired) electrons. The fourth-order valence-electron chi connectivity index (χ4n) is 2.05. The van der Waals surface area contributed by atoms with Crippen LogP contribution >= 0.6 is 11.3 Å². The third-order valence-electron chi connectivity index (χ3n) is 3.25. The molecule has 1 saturated carbocycles. The summed E-state index contributed by atoms with van der Waals surface area (Å²) in [6.07, 6.45) is 1.82. The van der Waals surface area contributed by atoms with Crippen molar-refractivity contribution in [3.8, 4) is 0 Å². The zero-order valence-corrected chi connectivity index (χ0v) is 12.5. The summed E-state index contributed by atoms with van der Waals surface area (Å²) in [6.45, 7) is 0.604. The van der Waals surface area contributed by atoms with E-state index < -0.39 is 10.0 Å². The van der Waals surface area contributed by atoms with E-state index in [0.717, 1.165) is 17.7 Å². The van der Waals surface area contributed by atoms with Gasteiger partial charge in [0.05, 0.1) is 6.54 Å². The van der Waals surface area contributed by atoms with Crippen LogP contribution in [0, 0.1) is 0 Å². The first-order chi connectivity index (χ1) is 9.61. The molecule has 108 valence electrons. The Labute approximate surface area is 122 Å². The van der Waals surface area contributed by atoms with Crippen LogP contribution in [0.5, 0.6) is 0 Å². The molecule has 2 aromatic rings. The van der Waals surface area contributed by atoms with Crippen molar-refractivity contribution in [3.63, 3.8) is 0 Å². The minimum Gasteiger partial charge on any atom is -0.447 e. The molecular formula is C13H16N2O3S2. The fourth-order valence-corrected chi connectivity index (χ4v) is 4.43. The minimum atomic E-state index is -3.59. The lowest BCUT2D eigenvalue weighted by Gasteiger charge is -2.19. The molecule has 0 atom stereocenters. The monoisotopic (exact) mass is 312 g/mol. The van der Waals surface area contributed by atoms with E-state index >= 15 is 0 Å². The van der Waals surface area contributed by atoms with Crippen LogP contribution < -0.4 is 5.73 Å². The fraction of sp³-hybridized carbons (Fsp3) is 0.385. The van der Waals surface area contributed by atoms with Gasteiger partial charge in [0.1, 0.15) is 5.76 Å². The van der Waals surface area contributed by atoms with E-state index in [1.807, 2.05) is 17.5 Å². The van der Waals surface area contributed by atoms with Crippen LogP contribution in [0.4, 0.5) is 0 Å². The van der Waals surface area contributed by atoms with Gasteiger partial charge in [-0.15, -0.1) is 11.3 Å². The van der Waals surface area contributed by atoms with Crippen molar-refractivity contribution in [3.05, 3.63) is 40.3 Å². The highest BCUT2D eigenvalue weighted by Crippen LogP contribution is 2.34. The summed E-state index contributed by atoms with van der Waals surface area (Å²) in [5, 5.41) is 1.94. The zero-order chi connectivity index (χ0) is 14.2. The molecule has 1 fully saturated rings. The van der Waals surface area contributed by atoms with Crippen LogP contribution in [0.3, 0.4) is 0 Å². The second kappa shape index (κ2) is 5.33. The number of thiophene rings is 1. The molecule has 2 N–H and O–H groups in total. The van der Waals surface area contributed by atoms with Crippen LogP contribution in [-0.2, 0) is 23.1 Å². The Morgan fingerprint density at radius 3 is 2.70 bits per heavy atom. The first-order valence-electron chi connectivity index (χ1n) is 6.44. The van der Waals surface area contributed by atoms with Crippen LogP contribution in [0.15, 0.2) is 39.2 Å². The molecule has 7 heteroatoms. The van der Waals surface area contributed by atoms with Crippen molar-refractivity contribution >= 4 is 21.4 Å². The first kappa shape index (κ1) is 13.8. The van der Waals surface area contributed by atoms with Gasteiger partial charge in [-0.2, -0.15) is 4.31 Å². The third kappa shape index (κ3) is 2.67. The minimum absolute atomic E-state index is 0.0126. The van der Waals surface area contributed by atoms with Gasteiger partial charge in [0.15, 0.2) is 0 Å². The molecule has 0 spiro atoms. The summed E-state index contributed by atoms with van der Waals surface area (Å²) in [4.78, 5) is 1.03. The molecule has 2 aromatic heterocycles. The van der Waals surface area contributed by atoms with E-state index in [0.29, 0.717) is 12.3 Å². The van der Waals surface area contributed by atoms with E-state index in [9.17, 15) is 8.42 Å². The zero-order valence-electron chi connectivity index (χ0n) is 10.9. The highest BCUT2D eigenvalue weighted by atomic mass is 32.2. The van der Waals surface area contributed by atoms with Gasteiger partial charge < -0.3 is 10.2 Å². The van der Waals surface area contributed by atoms with Crippen molar-refractivity contribution < 1.29 is 12.8 Å². The van der Waals surface area contributed by atoms with Gasteiger partial charge in [0.25, 0.3) is 10.0 Å². The topological polar surface area (TPSA) is 76.5 Å². The summed E-state index contributed by atoms with van der Waals surface area (Å²) in [7, 11) is -3.59. The number of nitrogens with two attached hydrogens (primary N) is 1. The van der Waals surface area contributed by atoms with Crippen LogP contribution in [0.1, 0.15) is 23.5 Å². The van der Waals surface area contributed by atoms with Crippen molar-refractivity contribution in [1.29, 1.82) is 0 Å². The van der Waals surface area contributed by atoms with Gasteiger partial charge in [-0.1, -0.05) is 6.07 Å². The standard InChI is InChI=1S/C13H16N2O3S2/c14-8-11-5-6-13(18-11)20(16,17)15(10-3-4-10)9-12-2-1-7-19-12/h1-2,5-7,10H,3-4,8-9,14H2. The van der Waals surface area contributed by atoms with Crippen LogP contribution in [0.25, 0.3) is 0 Å². The summed E-state index contributed by atoms with van der Waals surface area (Å²) >= 11 is 1.56. The first-order valence-corrected chi connectivity index (χ1v) is 8.76. The molecule has 2 heterocycles. The lowest BCUT2D eigenvalue weighted by atomic mass is 10.4. The third-order valence-corrected chi connectivity index (χ3v) is 5.88. The Kier molecular flexibility index (Phi) is 3.68. The molecule has 0 bridgehead atoms. The van der Waals surface area contributed by atoms with E-state index in [4.69, 9.17) is 10.2 Å². The molecule has 5 nitrogen and oxygen atoms in total. The van der Waals surface area contributed by atoms with E-state index in [1.54, 1.807) is 17.4 Å². The van der Waals surface area contributed by atoms with E-state index in [-0.39, 0.29) is 17.7 Å². The lowest BCUT2D eigenvalue weighted by Crippen LogP contribution is -2.32. The summed E-state index contributed by atoms with van der Waals surface area (Å²) in [5.74, 6) is 0.482. The predicted octanol–water partition coefficient (Wildman–Crippen LogP) is 2.15. The smallest absolute Gasteiger partial charge is 0.277 e. The Morgan fingerprint density at radius 1 is 1.35 bits per heavy atom. The maximum atomic E-state index is 12.7. The Bertz CT molecular complexity index is 672. The molecular weight excluding hydrogens is 296 g/mol. The number of furan rings is 1. The SMILES string of the molecule is NCc1ccc(S(=O)(=O)N(Cc2cccs2)C2CC2)o1. The van der Waals surface area contributed by atoms with Gasteiger partial charge in [-0.3, -0.25) is 0 Å². The molecule has 1 aliphatic carbocycles. The molecule has 0 saturated heterocycles. The van der Waals surface area contributed by atoms with Gasteiger partial charge >= 0.3 is 0 Å². The van der Waals surface area contributed by atoms with Gasteiger partial charge in [0, 0.05) is 17.5 Å². The summed E-state index contributed by atoms with van der Waals surface area (Å²) < 4.78 is 32.2. The largest absolute Gasteiger partial charge is 0.447 e.